The second-order valence-electron chi connectivity index (χ2n) is 4.90. The molecule has 0 radical (unpaired) electrons. The summed E-state index contributed by atoms with van der Waals surface area (Å²) in [7, 11) is 0. The van der Waals surface area contributed by atoms with Gasteiger partial charge in [0.05, 0.1) is 5.60 Å². The number of aliphatic hydroxyl groups is 1. The molecular weight excluding hydrogens is 191 g/mol. The van der Waals surface area contributed by atoms with Crippen molar-refractivity contribution in [1.29, 1.82) is 0 Å². The van der Waals surface area contributed by atoms with Gasteiger partial charge in [0.2, 0.25) is 0 Å². The number of hydrogen-bond acceptors (Lipinski definition) is 1. The Balaban J connectivity index is 1.79. The molecule has 0 amide bonds. The van der Waals surface area contributed by atoms with Gasteiger partial charge in [0.15, 0.2) is 0 Å². The van der Waals surface area contributed by atoms with Gasteiger partial charge in [-0.2, -0.15) is 0 Å². The van der Waals surface area contributed by atoms with E-state index in [1.54, 1.807) is 12.1 Å². The van der Waals surface area contributed by atoms with Crippen LogP contribution in [0.3, 0.4) is 0 Å². The summed E-state index contributed by atoms with van der Waals surface area (Å²) in [5.41, 5.74) is 0.0786. The maximum absolute atomic E-state index is 13.4. The van der Waals surface area contributed by atoms with Crippen molar-refractivity contribution in [3.05, 3.63) is 35.6 Å². The van der Waals surface area contributed by atoms with Gasteiger partial charge >= 0.3 is 0 Å². The van der Waals surface area contributed by atoms with Gasteiger partial charge in [0, 0.05) is 6.42 Å². The highest BCUT2D eigenvalue weighted by atomic mass is 19.1. The van der Waals surface area contributed by atoms with Gasteiger partial charge in [-0.25, -0.2) is 4.39 Å². The lowest BCUT2D eigenvalue weighted by Crippen LogP contribution is -2.19. The molecule has 2 heteroatoms. The van der Waals surface area contributed by atoms with Crippen LogP contribution in [0.25, 0.3) is 0 Å². The number of halogens is 1. The van der Waals surface area contributed by atoms with Crippen LogP contribution < -0.4 is 0 Å². The zero-order valence-electron chi connectivity index (χ0n) is 8.62. The third-order valence-electron chi connectivity index (χ3n) is 4.12. The van der Waals surface area contributed by atoms with Gasteiger partial charge in [-0.1, -0.05) is 24.6 Å². The Bertz CT molecular complexity index is 378. The van der Waals surface area contributed by atoms with E-state index in [1.807, 2.05) is 6.07 Å². The molecule has 2 unspecified atom stereocenters. The van der Waals surface area contributed by atoms with Gasteiger partial charge in [0.25, 0.3) is 0 Å². The lowest BCUT2D eigenvalue weighted by atomic mass is 9.99. The summed E-state index contributed by atoms with van der Waals surface area (Å²) in [5, 5.41) is 10.3. The first-order valence-electron chi connectivity index (χ1n) is 5.67. The Morgan fingerprint density at radius 1 is 1.27 bits per heavy atom. The highest BCUT2D eigenvalue weighted by Gasteiger charge is 2.64. The maximum Gasteiger partial charge on any atom is 0.126 e. The molecule has 0 spiro atoms. The molecule has 0 heterocycles. The van der Waals surface area contributed by atoms with Gasteiger partial charge in [-0.15, -0.1) is 0 Å². The Labute approximate surface area is 88.9 Å². The van der Waals surface area contributed by atoms with Crippen LogP contribution in [0.5, 0.6) is 0 Å². The van der Waals surface area contributed by atoms with Gasteiger partial charge in [-0.3, -0.25) is 0 Å². The highest BCUT2D eigenvalue weighted by molar-refractivity contribution is 5.26. The van der Waals surface area contributed by atoms with Crippen LogP contribution in [0.2, 0.25) is 0 Å². The molecule has 2 saturated carbocycles. The Morgan fingerprint density at radius 2 is 1.93 bits per heavy atom. The monoisotopic (exact) mass is 206 g/mol. The molecule has 0 saturated heterocycles. The summed E-state index contributed by atoms with van der Waals surface area (Å²) in [6, 6.07) is 6.77. The number of benzene rings is 1. The Morgan fingerprint density at radius 3 is 2.60 bits per heavy atom. The molecule has 2 fully saturated rings. The summed E-state index contributed by atoms with van der Waals surface area (Å²) in [6.07, 6.45) is 3.97. The average molecular weight is 206 g/mol. The van der Waals surface area contributed by atoms with Crippen molar-refractivity contribution in [1.82, 2.24) is 0 Å². The molecular formula is C13H15FO. The predicted octanol–water partition coefficient (Wildman–Crippen LogP) is 2.53. The standard InChI is InChI=1S/C13H15FO/c14-12-7-2-1-4-9(12)8-13(15)10-5-3-6-11(10)13/h1-2,4,7,10-11,15H,3,5-6,8H2. The van der Waals surface area contributed by atoms with Crippen LogP contribution in [0.15, 0.2) is 24.3 Å². The Kier molecular flexibility index (Phi) is 1.90. The fourth-order valence-electron chi connectivity index (χ4n) is 3.26. The summed E-state index contributed by atoms with van der Waals surface area (Å²) < 4.78 is 13.4. The van der Waals surface area contributed by atoms with Crippen molar-refractivity contribution in [2.24, 2.45) is 11.8 Å². The first kappa shape index (κ1) is 9.34. The lowest BCUT2D eigenvalue weighted by molar-refractivity contribution is 0.106. The topological polar surface area (TPSA) is 20.2 Å². The van der Waals surface area contributed by atoms with Crippen LogP contribution in [-0.2, 0) is 6.42 Å². The fourth-order valence-corrected chi connectivity index (χ4v) is 3.26. The van der Waals surface area contributed by atoms with Crippen molar-refractivity contribution in [2.75, 3.05) is 0 Å². The van der Waals surface area contributed by atoms with Crippen LogP contribution in [0, 0.1) is 17.7 Å². The minimum absolute atomic E-state index is 0.184. The molecule has 1 aromatic carbocycles. The highest BCUT2D eigenvalue weighted by Crippen LogP contribution is 2.61. The molecule has 1 aromatic rings. The third-order valence-corrected chi connectivity index (χ3v) is 4.12. The molecule has 0 aliphatic heterocycles. The van der Waals surface area contributed by atoms with Crippen molar-refractivity contribution in [3.63, 3.8) is 0 Å². The zero-order chi connectivity index (χ0) is 10.5. The van der Waals surface area contributed by atoms with Crippen LogP contribution >= 0.6 is 0 Å². The minimum Gasteiger partial charge on any atom is -0.389 e. The zero-order valence-corrected chi connectivity index (χ0v) is 8.62. The van der Waals surface area contributed by atoms with Crippen LogP contribution in [0.4, 0.5) is 4.39 Å². The van der Waals surface area contributed by atoms with E-state index in [0.29, 0.717) is 23.8 Å². The Hall–Kier alpha value is -0.890. The van der Waals surface area contributed by atoms with Gasteiger partial charge in [0.1, 0.15) is 5.82 Å². The van der Waals surface area contributed by atoms with Crippen molar-refractivity contribution in [2.45, 2.75) is 31.3 Å². The van der Waals surface area contributed by atoms with E-state index >= 15 is 0 Å². The summed E-state index contributed by atoms with van der Waals surface area (Å²) in [5.74, 6) is 0.699. The van der Waals surface area contributed by atoms with E-state index in [0.717, 1.165) is 12.8 Å². The SMILES string of the molecule is OC1(Cc2ccccc2F)C2CCCC21. The van der Waals surface area contributed by atoms with Gasteiger partial charge < -0.3 is 5.11 Å². The number of rotatable bonds is 2. The normalized spacial score (nSPS) is 37.7. The molecule has 2 aliphatic carbocycles. The van der Waals surface area contributed by atoms with Crippen molar-refractivity contribution >= 4 is 0 Å². The smallest absolute Gasteiger partial charge is 0.126 e. The molecule has 0 aromatic heterocycles. The van der Waals surface area contributed by atoms with E-state index in [-0.39, 0.29) is 5.82 Å². The molecule has 2 atom stereocenters. The molecule has 1 N–H and O–H groups in total. The van der Waals surface area contributed by atoms with Crippen LogP contribution in [0.1, 0.15) is 24.8 Å². The minimum atomic E-state index is -0.583. The summed E-state index contributed by atoms with van der Waals surface area (Å²) in [6.45, 7) is 0. The first-order chi connectivity index (χ1) is 7.22. The van der Waals surface area contributed by atoms with E-state index in [1.165, 1.54) is 12.5 Å². The second-order valence-corrected chi connectivity index (χ2v) is 4.90. The second kappa shape index (κ2) is 3.05. The van der Waals surface area contributed by atoms with E-state index in [9.17, 15) is 9.50 Å². The first-order valence-corrected chi connectivity index (χ1v) is 5.67. The fraction of sp³-hybridized carbons (Fsp3) is 0.538. The quantitative estimate of drug-likeness (QED) is 0.788. The van der Waals surface area contributed by atoms with E-state index in [2.05, 4.69) is 0 Å². The molecule has 0 bridgehead atoms. The summed E-state index contributed by atoms with van der Waals surface area (Å²) >= 11 is 0. The number of fused-ring (bicyclic) bond motifs is 1. The number of hydrogen-bond donors (Lipinski definition) is 1. The molecule has 15 heavy (non-hydrogen) atoms. The van der Waals surface area contributed by atoms with E-state index in [4.69, 9.17) is 0 Å². The van der Waals surface area contributed by atoms with Crippen molar-refractivity contribution in [3.8, 4) is 0 Å². The largest absolute Gasteiger partial charge is 0.389 e. The third kappa shape index (κ3) is 1.31. The van der Waals surface area contributed by atoms with Crippen molar-refractivity contribution < 1.29 is 9.50 Å². The van der Waals surface area contributed by atoms with Gasteiger partial charge in [-0.05, 0) is 36.3 Å². The maximum atomic E-state index is 13.4. The average Bonchev–Trinajstić information content (AvgIpc) is 2.67. The molecule has 2 aliphatic rings. The summed E-state index contributed by atoms with van der Waals surface area (Å²) in [4.78, 5) is 0. The molecule has 3 rings (SSSR count). The molecule has 80 valence electrons. The predicted molar refractivity (Wildman–Crippen MR) is 55.9 cm³/mol. The van der Waals surface area contributed by atoms with Crippen LogP contribution in [-0.4, -0.2) is 10.7 Å². The molecule has 1 nitrogen and oxygen atoms in total. The lowest BCUT2D eigenvalue weighted by Gasteiger charge is -2.14. The van der Waals surface area contributed by atoms with E-state index < -0.39 is 5.60 Å².